The van der Waals surface area contributed by atoms with Crippen LogP contribution in [0.15, 0.2) is 170 Å². The largest absolute Gasteiger partial charge is 0.453 e. The van der Waals surface area contributed by atoms with Crippen LogP contribution < -0.4 is 19.3 Å². The lowest BCUT2D eigenvalue weighted by molar-refractivity contribution is 0.475. The summed E-state index contributed by atoms with van der Waals surface area (Å²) in [4.78, 5) is 4.42. The Hall–Kier alpha value is -7.56. The molecule has 4 aliphatic rings. The summed E-state index contributed by atoms with van der Waals surface area (Å²) in [6.45, 7) is 0. The van der Waals surface area contributed by atoms with Crippen molar-refractivity contribution in [2.75, 3.05) is 23.9 Å². The summed E-state index contributed by atoms with van der Waals surface area (Å²) in [5.74, 6) is 3.48. The fourth-order valence-electron chi connectivity index (χ4n) is 9.88. The van der Waals surface area contributed by atoms with Crippen molar-refractivity contribution in [2.45, 2.75) is 5.41 Å². The van der Waals surface area contributed by atoms with Crippen molar-refractivity contribution in [1.29, 1.82) is 0 Å². The summed E-state index contributed by atoms with van der Waals surface area (Å²) in [6, 6.07) is 61.2. The van der Waals surface area contributed by atoms with Crippen LogP contribution in [0.5, 0.6) is 23.0 Å². The number of para-hydroxylation sites is 4. The van der Waals surface area contributed by atoms with E-state index in [0.717, 1.165) is 68.0 Å². The number of hydrogen-bond acceptors (Lipinski definition) is 4. The van der Waals surface area contributed by atoms with Crippen LogP contribution in [0.1, 0.15) is 44.5 Å². The van der Waals surface area contributed by atoms with Crippen molar-refractivity contribution in [2.24, 2.45) is 0 Å². The molecular weight excluding hydrogens is 721 g/mol. The number of fused-ring (bicyclic) bond motifs is 14. The number of nitrogens with zero attached hydrogens (tertiary/aromatic N) is 2. The second-order valence-electron chi connectivity index (χ2n) is 15.8. The van der Waals surface area contributed by atoms with E-state index in [0.29, 0.717) is 0 Å². The van der Waals surface area contributed by atoms with Gasteiger partial charge in [0.25, 0.3) is 0 Å². The highest BCUT2D eigenvalue weighted by atomic mass is 16.5. The molecule has 0 bridgehead atoms. The molecule has 4 nitrogen and oxygen atoms in total. The topological polar surface area (TPSA) is 24.9 Å². The molecule has 0 amide bonds. The summed E-state index contributed by atoms with van der Waals surface area (Å²) < 4.78 is 12.5. The molecule has 2 aliphatic carbocycles. The first-order valence-corrected chi connectivity index (χ1v) is 20.2. The first kappa shape index (κ1) is 33.6. The third-order valence-corrected chi connectivity index (χ3v) is 12.7. The van der Waals surface area contributed by atoms with Crippen LogP contribution in [0.25, 0.3) is 46.6 Å². The molecule has 0 saturated heterocycles. The SMILES string of the molecule is CN1c2ccccc2Oc2ccc(C=Cc3ccc4c(c3)C3(c5ccccc5-c5ccccc53)c3cc(C=Cc5ccc6c(c5)N(C)c5ccccc5O6)ccc3-4)cc21. The van der Waals surface area contributed by atoms with E-state index in [9.17, 15) is 0 Å². The molecular formula is C55H38N2O2. The number of anilines is 4. The van der Waals surface area contributed by atoms with Crippen molar-refractivity contribution in [3.05, 3.63) is 214 Å². The Bertz CT molecular complexity index is 2910. The number of ether oxygens (including phenoxy) is 2. The zero-order valence-corrected chi connectivity index (χ0v) is 32.7. The van der Waals surface area contributed by atoms with Gasteiger partial charge in [0.1, 0.15) is 0 Å². The minimum absolute atomic E-state index is 0.454. The Morgan fingerprint density at radius 3 is 1.17 bits per heavy atom. The molecule has 59 heavy (non-hydrogen) atoms. The Labute approximate surface area is 344 Å². The van der Waals surface area contributed by atoms with Crippen LogP contribution in [0.2, 0.25) is 0 Å². The van der Waals surface area contributed by atoms with Crippen LogP contribution in [-0.2, 0) is 5.41 Å². The number of hydrogen-bond donors (Lipinski definition) is 0. The van der Waals surface area contributed by atoms with Gasteiger partial charge in [-0.05, 0) is 127 Å². The van der Waals surface area contributed by atoms with Gasteiger partial charge in [0, 0.05) is 14.1 Å². The van der Waals surface area contributed by atoms with Crippen molar-refractivity contribution >= 4 is 47.1 Å². The quantitative estimate of drug-likeness (QED) is 0.167. The summed E-state index contributed by atoms with van der Waals surface area (Å²) in [6.07, 6.45) is 8.93. The van der Waals surface area contributed by atoms with Gasteiger partial charge in [0.15, 0.2) is 23.0 Å². The Balaban J connectivity index is 0.940. The average molecular weight is 759 g/mol. The van der Waals surface area contributed by atoms with E-state index in [1.165, 1.54) is 44.5 Å². The van der Waals surface area contributed by atoms with Crippen LogP contribution >= 0.6 is 0 Å². The Morgan fingerprint density at radius 2 is 0.695 bits per heavy atom. The van der Waals surface area contributed by atoms with Gasteiger partial charge in [0.2, 0.25) is 0 Å². The van der Waals surface area contributed by atoms with Gasteiger partial charge in [-0.3, -0.25) is 0 Å². The lowest BCUT2D eigenvalue weighted by Gasteiger charge is -2.31. The molecule has 8 aromatic carbocycles. The highest BCUT2D eigenvalue weighted by Crippen LogP contribution is 2.63. The van der Waals surface area contributed by atoms with Gasteiger partial charge in [0.05, 0.1) is 28.2 Å². The van der Waals surface area contributed by atoms with E-state index in [1.807, 2.05) is 24.3 Å². The fourth-order valence-corrected chi connectivity index (χ4v) is 9.88. The van der Waals surface area contributed by atoms with Gasteiger partial charge in [-0.2, -0.15) is 0 Å². The van der Waals surface area contributed by atoms with E-state index in [-0.39, 0.29) is 0 Å². The van der Waals surface area contributed by atoms with Gasteiger partial charge >= 0.3 is 0 Å². The molecule has 280 valence electrons. The maximum atomic E-state index is 6.26. The fraction of sp³-hybridized carbons (Fsp3) is 0.0545. The smallest absolute Gasteiger partial charge is 0.151 e. The number of rotatable bonds is 4. The molecule has 0 radical (unpaired) electrons. The molecule has 4 heteroatoms. The molecule has 0 unspecified atom stereocenters. The summed E-state index contributed by atoms with van der Waals surface area (Å²) >= 11 is 0. The average Bonchev–Trinajstić information content (AvgIpc) is 3.74. The van der Waals surface area contributed by atoms with Crippen molar-refractivity contribution in [1.82, 2.24) is 0 Å². The van der Waals surface area contributed by atoms with Crippen molar-refractivity contribution in [3.63, 3.8) is 0 Å². The molecule has 0 N–H and O–H groups in total. The lowest BCUT2D eigenvalue weighted by atomic mass is 9.70. The molecule has 0 saturated carbocycles. The van der Waals surface area contributed by atoms with Crippen molar-refractivity contribution in [3.8, 4) is 45.3 Å². The van der Waals surface area contributed by atoms with E-state index < -0.39 is 5.41 Å². The van der Waals surface area contributed by atoms with Gasteiger partial charge in [-0.25, -0.2) is 0 Å². The third-order valence-electron chi connectivity index (χ3n) is 12.7. The minimum atomic E-state index is -0.454. The predicted octanol–water partition coefficient (Wildman–Crippen LogP) is 14.1. The Kier molecular flexibility index (Phi) is 7.24. The molecule has 8 aromatic rings. The standard InChI is InChI=1S/C55H38N2O2/c1-56-47-15-7-9-17-51(47)58-53-29-25-37(33-49(53)56)21-19-35-23-27-41-42-28-24-36(20-22-38-26-30-54-50(34-38)57(2)48-16-8-10-18-52(48)59-54)32-46(42)55(45(41)31-35)43-13-5-3-11-39(43)40-12-4-6-14-44(40)55/h3-34H,1-2H3. The second kappa shape index (κ2) is 12.7. The monoisotopic (exact) mass is 758 g/mol. The normalized spacial score (nSPS) is 14.5. The van der Waals surface area contributed by atoms with E-state index in [4.69, 9.17) is 9.47 Å². The van der Waals surface area contributed by atoms with Crippen LogP contribution in [0.3, 0.4) is 0 Å². The lowest BCUT2D eigenvalue weighted by Crippen LogP contribution is -2.26. The third kappa shape index (κ3) is 4.96. The molecule has 1 spiro atoms. The first-order chi connectivity index (χ1) is 29.0. The van der Waals surface area contributed by atoms with Gasteiger partial charge in [-0.1, -0.05) is 133 Å². The first-order valence-electron chi connectivity index (χ1n) is 20.2. The van der Waals surface area contributed by atoms with Crippen molar-refractivity contribution < 1.29 is 9.47 Å². The minimum Gasteiger partial charge on any atom is -0.453 e. The van der Waals surface area contributed by atoms with Gasteiger partial charge < -0.3 is 19.3 Å². The maximum absolute atomic E-state index is 6.26. The van der Waals surface area contributed by atoms with Crippen LogP contribution in [-0.4, -0.2) is 14.1 Å². The highest BCUT2D eigenvalue weighted by Gasteiger charge is 2.51. The zero-order chi connectivity index (χ0) is 39.2. The molecule has 0 aromatic heterocycles. The highest BCUT2D eigenvalue weighted by molar-refractivity contribution is 5.96. The van der Waals surface area contributed by atoms with Gasteiger partial charge in [-0.15, -0.1) is 0 Å². The predicted molar refractivity (Wildman–Crippen MR) is 243 cm³/mol. The zero-order valence-electron chi connectivity index (χ0n) is 32.7. The van der Waals surface area contributed by atoms with E-state index >= 15 is 0 Å². The molecule has 0 atom stereocenters. The van der Waals surface area contributed by atoms with Crippen LogP contribution in [0, 0.1) is 0 Å². The summed E-state index contributed by atoms with van der Waals surface area (Å²) in [5.41, 5.74) is 18.8. The molecule has 2 heterocycles. The summed E-state index contributed by atoms with van der Waals surface area (Å²) in [5, 5.41) is 0. The summed E-state index contributed by atoms with van der Waals surface area (Å²) in [7, 11) is 4.20. The Morgan fingerprint density at radius 1 is 0.339 bits per heavy atom. The molecule has 0 fully saturated rings. The second-order valence-corrected chi connectivity index (χ2v) is 15.8. The van der Waals surface area contributed by atoms with E-state index in [2.05, 4.69) is 194 Å². The molecule has 2 aliphatic heterocycles. The number of benzene rings is 8. The van der Waals surface area contributed by atoms with E-state index in [1.54, 1.807) is 0 Å². The molecule has 12 rings (SSSR count). The van der Waals surface area contributed by atoms with Crippen LogP contribution in [0.4, 0.5) is 22.7 Å². The maximum Gasteiger partial charge on any atom is 0.151 e.